The van der Waals surface area contributed by atoms with Crippen LogP contribution < -0.4 is 0 Å². The first-order valence-electron chi connectivity index (χ1n) is 12.8. The Bertz CT molecular complexity index is 555. The summed E-state index contributed by atoms with van der Waals surface area (Å²) >= 11 is 0. The van der Waals surface area contributed by atoms with Gasteiger partial charge < -0.3 is 9.64 Å². The number of hydrogen-bond acceptors (Lipinski definition) is 4. The SMILES string of the molecule is CC(C)OCC1CC1.CC1CCN(C(C)C)CC1.CC1CCN(S(=O)(=O)C(C)C)CC1. The number of rotatable bonds is 6. The second-order valence-corrected chi connectivity index (χ2v) is 13.3. The lowest BCUT2D eigenvalue weighted by Gasteiger charge is -2.33. The molecule has 0 aromatic carbocycles. The highest BCUT2D eigenvalue weighted by atomic mass is 32.2. The lowest BCUT2D eigenvalue weighted by atomic mass is 9.98. The van der Waals surface area contributed by atoms with Crippen LogP contribution in [0.2, 0.25) is 0 Å². The van der Waals surface area contributed by atoms with Crippen LogP contribution in [0.15, 0.2) is 0 Å². The first-order valence-corrected chi connectivity index (χ1v) is 14.3. The quantitative estimate of drug-likeness (QED) is 0.532. The summed E-state index contributed by atoms with van der Waals surface area (Å²) < 4.78 is 30.4. The molecule has 186 valence electrons. The maximum atomic E-state index is 11.7. The molecule has 1 saturated carbocycles. The molecule has 3 rings (SSSR count). The lowest BCUT2D eigenvalue weighted by molar-refractivity contribution is 0.0707. The Labute approximate surface area is 194 Å². The third-order valence-corrected chi connectivity index (χ3v) is 8.89. The predicted molar refractivity (Wildman–Crippen MR) is 133 cm³/mol. The van der Waals surface area contributed by atoms with Crippen LogP contribution in [-0.4, -0.2) is 67.8 Å². The van der Waals surface area contributed by atoms with Gasteiger partial charge in [-0.1, -0.05) is 13.8 Å². The summed E-state index contributed by atoms with van der Waals surface area (Å²) in [6, 6.07) is 0.757. The Morgan fingerprint density at radius 3 is 1.58 bits per heavy atom. The summed E-state index contributed by atoms with van der Waals surface area (Å²) in [5, 5.41) is -0.277. The summed E-state index contributed by atoms with van der Waals surface area (Å²) in [6.45, 7) is 21.8. The van der Waals surface area contributed by atoms with E-state index in [9.17, 15) is 8.42 Å². The first kappa shape index (κ1) is 28.9. The topological polar surface area (TPSA) is 49.9 Å². The van der Waals surface area contributed by atoms with Crippen molar-refractivity contribution >= 4 is 10.0 Å². The molecule has 0 amide bonds. The van der Waals surface area contributed by atoms with E-state index in [0.717, 1.165) is 37.3 Å². The molecule has 0 aromatic heterocycles. The zero-order chi connectivity index (χ0) is 23.6. The van der Waals surface area contributed by atoms with E-state index in [1.54, 1.807) is 18.2 Å². The minimum atomic E-state index is -2.99. The maximum absolute atomic E-state index is 11.7. The highest BCUT2D eigenvalue weighted by Gasteiger charge is 2.28. The van der Waals surface area contributed by atoms with Crippen molar-refractivity contribution in [2.24, 2.45) is 17.8 Å². The molecule has 6 heteroatoms. The van der Waals surface area contributed by atoms with E-state index >= 15 is 0 Å². The maximum Gasteiger partial charge on any atom is 0.216 e. The van der Waals surface area contributed by atoms with Crippen molar-refractivity contribution in [1.82, 2.24) is 9.21 Å². The molecule has 0 spiro atoms. The molecule has 1 aliphatic carbocycles. The van der Waals surface area contributed by atoms with Crippen molar-refractivity contribution in [2.45, 2.75) is 111 Å². The highest BCUT2D eigenvalue weighted by molar-refractivity contribution is 7.89. The Morgan fingerprint density at radius 2 is 1.23 bits per heavy atom. The van der Waals surface area contributed by atoms with Gasteiger partial charge in [0.15, 0.2) is 0 Å². The van der Waals surface area contributed by atoms with E-state index in [1.807, 2.05) is 0 Å². The smallest absolute Gasteiger partial charge is 0.216 e. The molecule has 0 radical (unpaired) electrons. The van der Waals surface area contributed by atoms with E-state index in [1.165, 1.54) is 38.8 Å². The number of sulfonamides is 1. The average Bonchev–Trinajstić information content (AvgIpc) is 3.52. The van der Waals surface area contributed by atoms with E-state index in [-0.39, 0.29) is 5.25 Å². The Morgan fingerprint density at radius 1 is 0.774 bits per heavy atom. The van der Waals surface area contributed by atoms with Gasteiger partial charge in [-0.05, 0) is 111 Å². The van der Waals surface area contributed by atoms with Crippen LogP contribution in [0.4, 0.5) is 0 Å². The fourth-order valence-corrected chi connectivity index (χ4v) is 5.01. The summed E-state index contributed by atoms with van der Waals surface area (Å²) in [7, 11) is -2.99. The molecule has 0 N–H and O–H groups in total. The molecular weight excluding hydrogens is 408 g/mol. The molecule has 2 heterocycles. The zero-order valence-electron chi connectivity index (χ0n) is 21.8. The predicted octanol–water partition coefficient (Wildman–Crippen LogP) is 5.40. The van der Waals surface area contributed by atoms with E-state index in [0.29, 0.717) is 25.1 Å². The molecule has 0 bridgehead atoms. The van der Waals surface area contributed by atoms with Gasteiger partial charge in [0, 0.05) is 25.7 Å². The van der Waals surface area contributed by atoms with Crippen molar-refractivity contribution < 1.29 is 13.2 Å². The summed E-state index contributed by atoms with van der Waals surface area (Å²) in [5.74, 6) is 2.56. The fraction of sp³-hybridized carbons (Fsp3) is 1.00. The second-order valence-electron chi connectivity index (χ2n) is 10.8. The molecule has 5 nitrogen and oxygen atoms in total. The van der Waals surface area contributed by atoms with Crippen LogP contribution in [0.1, 0.15) is 93.9 Å². The monoisotopic (exact) mass is 460 g/mol. The molecule has 3 aliphatic rings. The van der Waals surface area contributed by atoms with Crippen LogP contribution in [0.3, 0.4) is 0 Å². The molecule has 31 heavy (non-hydrogen) atoms. The molecule has 0 unspecified atom stereocenters. The van der Waals surface area contributed by atoms with Gasteiger partial charge in [0.05, 0.1) is 11.4 Å². The van der Waals surface area contributed by atoms with E-state index in [4.69, 9.17) is 4.74 Å². The summed E-state index contributed by atoms with van der Waals surface area (Å²) in [6.07, 6.45) is 8.03. The minimum Gasteiger partial charge on any atom is -0.379 e. The number of hydrogen-bond donors (Lipinski definition) is 0. The third kappa shape index (κ3) is 12.0. The van der Waals surface area contributed by atoms with Gasteiger partial charge >= 0.3 is 0 Å². The van der Waals surface area contributed by atoms with Gasteiger partial charge in [-0.3, -0.25) is 0 Å². The molecule has 2 saturated heterocycles. The molecule has 0 atom stereocenters. The van der Waals surface area contributed by atoms with Crippen molar-refractivity contribution in [3.05, 3.63) is 0 Å². The Balaban J connectivity index is 0.000000240. The molecule has 0 aromatic rings. The Kier molecular flexibility index (Phi) is 13.2. The van der Waals surface area contributed by atoms with Crippen molar-refractivity contribution in [1.29, 1.82) is 0 Å². The minimum absolute atomic E-state index is 0.277. The molecule has 2 aliphatic heterocycles. The van der Waals surface area contributed by atoms with Crippen LogP contribution in [-0.2, 0) is 14.8 Å². The molecular formula is C25H52N2O3S. The number of piperidine rings is 2. The van der Waals surface area contributed by atoms with Crippen LogP contribution >= 0.6 is 0 Å². The first-order chi connectivity index (χ1) is 14.4. The van der Waals surface area contributed by atoms with Gasteiger partial charge in [0.2, 0.25) is 10.0 Å². The normalized spacial score (nSPS) is 22.3. The van der Waals surface area contributed by atoms with E-state index < -0.39 is 10.0 Å². The number of likely N-dealkylation sites (tertiary alicyclic amines) is 1. The Hall–Kier alpha value is -0.170. The van der Waals surface area contributed by atoms with Crippen molar-refractivity contribution in [3.63, 3.8) is 0 Å². The largest absolute Gasteiger partial charge is 0.379 e. The standard InChI is InChI=1S/C9H19NO2S.C9H19N.C7H14O/c1-8(2)13(11,12)10-6-4-9(3)5-7-10;1-8(2)10-6-4-9(3)5-7-10;1-6(2)8-5-7-3-4-7/h8-9H,4-7H2,1-3H3;8-9H,4-7H2,1-3H3;6-7H,3-5H2,1-2H3. The van der Waals surface area contributed by atoms with E-state index in [2.05, 4.69) is 46.4 Å². The summed E-state index contributed by atoms with van der Waals surface area (Å²) in [5.41, 5.74) is 0. The van der Waals surface area contributed by atoms with Crippen molar-refractivity contribution in [2.75, 3.05) is 32.8 Å². The number of ether oxygens (including phenoxy) is 1. The average molecular weight is 461 g/mol. The van der Waals surface area contributed by atoms with Gasteiger partial charge in [-0.15, -0.1) is 0 Å². The lowest BCUT2D eigenvalue weighted by Crippen LogP contribution is -2.41. The fourth-order valence-electron chi connectivity index (χ4n) is 3.70. The van der Waals surface area contributed by atoms with Gasteiger partial charge in [0.1, 0.15) is 0 Å². The highest BCUT2D eigenvalue weighted by Crippen LogP contribution is 2.29. The second kappa shape index (κ2) is 14.2. The number of nitrogens with zero attached hydrogens (tertiary/aromatic N) is 2. The van der Waals surface area contributed by atoms with Crippen LogP contribution in [0.5, 0.6) is 0 Å². The molecule has 3 fully saturated rings. The third-order valence-electron chi connectivity index (χ3n) is 6.61. The van der Waals surface area contributed by atoms with Crippen LogP contribution in [0.25, 0.3) is 0 Å². The van der Waals surface area contributed by atoms with Gasteiger partial charge in [0.25, 0.3) is 0 Å². The van der Waals surface area contributed by atoms with Gasteiger partial charge in [-0.25, -0.2) is 12.7 Å². The van der Waals surface area contributed by atoms with Crippen molar-refractivity contribution in [3.8, 4) is 0 Å². The van der Waals surface area contributed by atoms with Crippen LogP contribution in [0, 0.1) is 17.8 Å². The van der Waals surface area contributed by atoms with Gasteiger partial charge in [-0.2, -0.15) is 0 Å². The zero-order valence-corrected chi connectivity index (χ0v) is 22.6. The summed E-state index contributed by atoms with van der Waals surface area (Å²) in [4.78, 5) is 2.57.